The van der Waals surface area contributed by atoms with Crippen molar-refractivity contribution in [2.24, 2.45) is 5.92 Å². The Balaban J connectivity index is 1.61. The normalized spacial score (nSPS) is 42.2. The fourth-order valence-corrected chi connectivity index (χ4v) is 3.23. The number of ether oxygens (including phenoxy) is 1. The van der Waals surface area contributed by atoms with E-state index in [0.29, 0.717) is 12.1 Å². The van der Waals surface area contributed by atoms with Crippen molar-refractivity contribution < 1.29 is 4.74 Å². The first-order valence-electron chi connectivity index (χ1n) is 6.93. The number of rotatable bonds is 2. The lowest BCUT2D eigenvalue weighted by atomic mass is 10.0. The molecular formula is C13H24N2O. The van der Waals surface area contributed by atoms with Gasteiger partial charge >= 0.3 is 0 Å². The van der Waals surface area contributed by atoms with E-state index in [1.165, 1.54) is 38.8 Å². The summed E-state index contributed by atoms with van der Waals surface area (Å²) in [6.45, 7) is 6.90. The standard InChI is InChI=1S/C13H24N2O/c1-10-4-7-15(8-6-14-10)12-5-9-16-13(12)11-2-3-11/h10-14H,2-9H2,1H3. The molecule has 2 aliphatic heterocycles. The third-order valence-electron chi connectivity index (χ3n) is 4.40. The van der Waals surface area contributed by atoms with Crippen LogP contribution in [0.25, 0.3) is 0 Å². The smallest absolute Gasteiger partial charge is 0.0759 e. The molecule has 0 aromatic rings. The Morgan fingerprint density at radius 2 is 2.00 bits per heavy atom. The van der Waals surface area contributed by atoms with Crippen LogP contribution >= 0.6 is 0 Å². The van der Waals surface area contributed by atoms with Gasteiger partial charge in [0.25, 0.3) is 0 Å². The molecular weight excluding hydrogens is 200 g/mol. The lowest BCUT2D eigenvalue weighted by molar-refractivity contribution is 0.0475. The van der Waals surface area contributed by atoms with Gasteiger partial charge < -0.3 is 10.1 Å². The first-order chi connectivity index (χ1) is 7.84. The van der Waals surface area contributed by atoms with E-state index in [1.54, 1.807) is 0 Å². The van der Waals surface area contributed by atoms with Crippen LogP contribution in [0.2, 0.25) is 0 Å². The first kappa shape index (κ1) is 11.0. The van der Waals surface area contributed by atoms with Crippen molar-refractivity contribution in [2.75, 3.05) is 26.2 Å². The van der Waals surface area contributed by atoms with Gasteiger partial charge in [0.1, 0.15) is 0 Å². The van der Waals surface area contributed by atoms with E-state index in [2.05, 4.69) is 17.1 Å². The van der Waals surface area contributed by atoms with Crippen molar-refractivity contribution in [3.8, 4) is 0 Å². The Morgan fingerprint density at radius 1 is 1.12 bits per heavy atom. The molecule has 1 aliphatic carbocycles. The maximum Gasteiger partial charge on any atom is 0.0759 e. The van der Waals surface area contributed by atoms with Crippen molar-refractivity contribution in [2.45, 2.75) is 50.8 Å². The highest BCUT2D eigenvalue weighted by Crippen LogP contribution is 2.40. The quantitative estimate of drug-likeness (QED) is 0.764. The summed E-state index contributed by atoms with van der Waals surface area (Å²) in [6, 6.07) is 1.41. The molecule has 92 valence electrons. The van der Waals surface area contributed by atoms with Crippen molar-refractivity contribution in [3.63, 3.8) is 0 Å². The Morgan fingerprint density at radius 3 is 2.81 bits per heavy atom. The monoisotopic (exact) mass is 224 g/mol. The summed E-state index contributed by atoms with van der Waals surface area (Å²) >= 11 is 0. The minimum atomic E-state index is 0.563. The molecule has 16 heavy (non-hydrogen) atoms. The topological polar surface area (TPSA) is 24.5 Å². The average Bonchev–Trinajstić information content (AvgIpc) is 3.05. The van der Waals surface area contributed by atoms with Gasteiger partial charge in [0, 0.05) is 38.3 Å². The van der Waals surface area contributed by atoms with E-state index >= 15 is 0 Å². The van der Waals surface area contributed by atoms with Crippen molar-refractivity contribution in [1.29, 1.82) is 0 Å². The van der Waals surface area contributed by atoms with Crippen LogP contribution in [0.4, 0.5) is 0 Å². The van der Waals surface area contributed by atoms with Gasteiger partial charge in [0.05, 0.1) is 6.10 Å². The third-order valence-corrected chi connectivity index (χ3v) is 4.40. The zero-order valence-electron chi connectivity index (χ0n) is 10.3. The maximum absolute atomic E-state index is 5.95. The molecule has 1 saturated carbocycles. The SMILES string of the molecule is CC1CCN(C2CCOC2C2CC2)CCN1. The maximum atomic E-state index is 5.95. The van der Waals surface area contributed by atoms with E-state index < -0.39 is 0 Å². The molecule has 3 heteroatoms. The molecule has 3 nitrogen and oxygen atoms in total. The van der Waals surface area contributed by atoms with Gasteiger partial charge in [-0.1, -0.05) is 0 Å². The van der Waals surface area contributed by atoms with Gasteiger partial charge in [-0.05, 0) is 38.5 Å². The van der Waals surface area contributed by atoms with Crippen LogP contribution in [0.3, 0.4) is 0 Å². The van der Waals surface area contributed by atoms with Gasteiger partial charge in [0.15, 0.2) is 0 Å². The van der Waals surface area contributed by atoms with Gasteiger partial charge in [-0.25, -0.2) is 0 Å². The van der Waals surface area contributed by atoms with E-state index in [-0.39, 0.29) is 0 Å². The fraction of sp³-hybridized carbons (Fsp3) is 1.00. The predicted octanol–water partition coefficient (Wildman–Crippen LogP) is 1.24. The molecule has 3 fully saturated rings. The summed E-state index contributed by atoms with van der Waals surface area (Å²) in [6.07, 6.45) is 5.92. The van der Waals surface area contributed by atoms with Crippen LogP contribution in [0.1, 0.15) is 32.6 Å². The molecule has 0 aromatic heterocycles. The van der Waals surface area contributed by atoms with Crippen molar-refractivity contribution >= 4 is 0 Å². The highest BCUT2D eigenvalue weighted by Gasteiger charge is 2.42. The molecule has 3 rings (SSSR count). The van der Waals surface area contributed by atoms with Crippen LogP contribution in [0.5, 0.6) is 0 Å². The van der Waals surface area contributed by atoms with Crippen LogP contribution in [0.15, 0.2) is 0 Å². The molecule has 2 saturated heterocycles. The molecule has 3 aliphatic rings. The number of hydrogen-bond donors (Lipinski definition) is 1. The number of hydrogen-bond acceptors (Lipinski definition) is 3. The summed E-state index contributed by atoms with van der Waals surface area (Å²) < 4.78 is 5.95. The summed E-state index contributed by atoms with van der Waals surface area (Å²) in [5, 5.41) is 3.58. The van der Waals surface area contributed by atoms with Crippen LogP contribution in [-0.2, 0) is 4.74 Å². The van der Waals surface area contributed by atoms with Gasteiger partial charge in [0.2, 0.25) is 0 Å². The van der Waals surface area contributed by atoms with Gasteiger partial charge in [-0.3, -0.25) is 4.90 Å². The minimum Gasteiger partial charge on any atom is -0.376 e. The van der Waals surface area contributed by atoms with E-state index in [4.69, 9.17) is 4.74 Å². The molecule has 0 amide bonds. The second-order valence-electron chi connectivity index (χ2n) is 5.71. The highest BCUT2D eigenvalue weighted by atomic mass is 16.5. The van der Waals surface area contributed by atoms with Crippen LogP contribution < -0.4 is 5.32 Å². The second-order valence-corrected chi connectivity index (χ2v) is 5.71. The molecule has 1 N–H and O–H groups in total. The Hall–Kier alpha value is -0.120. The number of nitrogens with zero attached hydrogens (tertiary/aromatic N) is 1. The second kappa shape index (κ2) is 4.63. The predicted molar refractivity (Wildman–Crippen MR) is 64.5 cm³/mol. The summed E-state index contributed by atoms with van der Waals surface area (Å²) in [4.78, 5) is 2.69. The Labute approximate surface area is 98.5 Å². The minimum absolute atomic E-state index is 0.563. The van der Waals surface area contributed by atoms with E-state index in [0.717, 1.165) is 25.1 Å². The van der Waals surface area contributed by atoms with Gasteiger partial charge in [-0.2, -0.15) is 0 Å². The first-order valence-corrected chi connectivity index (χ1v) is 6.93. The molecule has 0 radical (unpaired) electrons. The lowest BCUT2D eigenvalue weighted by Crippen LogP contribution is -2.43. The molecule has 3 atom stereocenters. The highest BCUT2D eigenvalue weighted by molar-refractivity contribution is 4.95. The zero-order chi connectivity index (χ0) is 11.0. The summed E-state index contributed by atoms with van der Waals surface area (Å²) in [5.41, 5.74) is 0. The van der Waals surface area contributed by atoms with E-state index in [1.807, 2.05) is 0 Å². The lowest BCUT2D eigenvalue weighted by Gasteiger charge is -2.30. The van der Waals surface area contributed by atoms with Crippen LogP contribution in [-0.4, -0.2) is 49.3 Å². The molecule has 0 bridgehead atoms. The molecule has 3 unspecified atom stereocenters. The summed E-state index contributed by atoms with van der Waals surface area (Å²) in [7, 11) is 0. The van der Waals surface area contributed by atoms with Gasteiger partial charge in [-0.15, -0.1) is 0 Å². The van der Waals surface area contributed by atoms with Crippen molar-refractivity contribution in [1.82, 2.24) is 10.2 Å². The third kappa shape index (κ3) is 2.27. The largest absolute Gasteiger partial charge is 0.376 e. The molecule has 0 spiro atoms. The molecule has 2 heterocycles. The van der Waals surface area contributed by atoms with Crippen molar-refractivity contribution in [3.05, 3.63) is 0 Å². The molecule has 0 aromatic carbocycles. The Bertz CT molecular complexity index is 242. The Kier molecular flexibility index (Phi) is 3.18. The average molecular weight is 224 g/mol. The summed E-state index contributed by atoms with van der Waals surface area (Å²) in [5.74, 6) is 0.890. The van der Waals surface area contributed by atoms with Crippen LogP contribution in [0, 0.1) is 5.92 Å². The fourth-order valence-electron chi connectivity index (χ4n) is 3.23. The van der Waals surface area contributed by atoms with E-state index in [9.17, 15) is 0 Å². The zero-order valence-corrected chi connectivity index (χ0v) is 10.3. The number of nitrogens with one attached hydrogen (secondary N) is 1.